The number of anilines is 2. The number of hydrogen-bond acceptors (Lipinski definition) is 3. The number of hydrogen-bond donors (Lipinski definition) is 1. The molecule has 4 nitrogen and oxygen atoms in total. The minimum absolute atomic E-state index is 0.0285. The number of nitrogens with zero attached hydrogens (tertiary/aromatic N) is 1. The van der Waals surface area contributed by atoms with Crippen LogP contribution < -0.4 is 10.2 Å². The number of nitrogens with one attached hydrogen (secondary N) is 1. The fourth-order valence-corrected chi connectivity index (χ4v) is 2.21. The third-order valence-corrected chi connectivity index (χ3v) is 4.00. The van der Waals surface area contributed by atoms with Gasteiger partial charge in [-0.25, -0.2) is 4.39 Å². The zero-order valence-corrected chi connectivity index (χ0v) is 12.4. The largest absolute Gasteiger partial charge is 0.369 e. The molecule has 0 bridgehead atoms. The summed E-state index contributed by atoms with van der Waals surface area (Å²) in [4.78, 5) is 24.7. The van der Waals surface area contributed by atoms with Gasteiger partial charge in [-0.15, -0.1) is 0 Å². The molecule has 20 heavy (non-hydrogen) atoms. The highest BCUT2D eigenvalue weighted by Crippen LogP contribution is 2.34. The van der Waals surface area contributed by atoms with E-state index in [0.717, 1.165) is 6.07 Å². The Kier molecular flexibility index (Phi) is 3.32. The van der Waals surface area contributed by atoms with Crippen molar-refractivity contribution in [3.8, 4) is 0 Å². The van der Waals surface area contributed by atoms with Gasteiger partial charge in [-0.1, -0.05) is 20.8 Å². The van der Waals surface area contributed by atoms with Gasteiger partial charge in [0.2, 0.25) is 0 Å². The van der Waals surface area contributed by atoms with Crippen molar-refractivity contribution in [3.05, 3.63) is 23.5 Å². The van der Waals surface area contributed by atoms with Gasteiger partial charge in [-0.2, -0.15) is 0 Å². The molecule has 1 amide bonds. The molecule has 0 radical (unpaired) electrons. The summed E-state index contributed by atoms with van der Waals surface area (Å²) in [7, 11) is 1.80. The molecule has 5 heteroatoms. The zero-order chi connectivity index (χ0) is 15.2. The number of fused-ring (bicyclic) bond motifs is 1. The summed E-state index contributed by atoms with van der Waals surface area (Å²) in [6.45, 7) is 8.23. The van der Waals surface area contributed by atoms with E-state index < -0.39 is 17.5 Å². The van der Waals surface area contributed by atoms with Gasteiger partial charge in [0.05, 0.1) is 16.9 Å². The molecular formula is C15H19FN2O2. The van der Waals surface area contributed by atoms with E-state index in [9.17, 15) is 14.0 Å². The Morgan fingerprint density at radius 2 is 1.85 bits per heavy atom. The molecule has 0 fully saturated rings. The summed E-state index contributed by atoms with van der Waals surface area (Å²) < 4.78 is 14.2. The first-order valence-electron chi connectivity index (χ1n) is 6.55. The molecular weight excluding hydrogens is 259 g/mol. The van der Waals surface area contributed by atoms with Gasteiger partial charge in [0, 0.05) is 13.1 Å². The first-order chi connectivity index (χ1) is 9.12. The molecule has 1 heterocycles. The van der Waals surface area contributed by atoms with Crippen LogP contribution >= 0.6 is 0 Å². The molecule has 1 aliphatic rings. The van der Waals surface area contributed by atoms with Crippen LogP contribution in [0.1, 0.15) is 38.1 Å². The van der Waals surface area contributed by atoms with Gasteiger partial charge in [0.1, 0.15) is 5.82 Å². The van der Waals surface area contributed by atoms with Crippen LogP contribution in [-0.4, -0.2) is 24.8 Å². The van der Waals surface area contributed by atoms with E-state index in [1.165, 1.54) is 6.07 Å². The van der Waals surface area contributed by atoms with Crippen LogP contribution in [0.5, 0.6) is 0 Å². The lowest BCUT2D eigenvalue weighted by Crippen LogP contribution is -2.39. The van der Waals surface area contributed by atoms with Crippen molar-refractivity contribution in [2.75, 3.05) is 17.3 Å². The van der Waals surface area contributed by atoms with Gasteiger partial charge in [0.15, 0.2) is 0 Å². The minimum atomic E-state index is -0.705. The number of halogens is 1. The molecule has 1 aromatic carbocycles. The van der Waals surface area contributed by atoms with E-state index in [2.05, 4.69) is 26.1 Å². The number of rotatable bonds is 2. The molecule has 0 saturated carbocycles. The molecule has 0 aliphatic carbocycles. The van der Waals surface area contributed by atoms with Crippen LogP contribution in [0.25, 0.3) is 0 Å². The second kappa shape index (κ2) is 4.58. The first-order valence-corrected chi connectivity index (χ1v) is 6.55. The van der Waals surface area contributed by atoms with Crippen molar-refractivity contribution >= 4 is 23.1 Å². The Bertz CT molecular complexity index is 590. The number of ketones is 1. The molecule has 1 unspecified atom stereocenters. The topological polar surface area (TPSA) is 49.4 Å². The average Bonchev–Trinajstić information content (AvgIpc) is 2.62. The van der Waals surface area contributed by atoms with E-state index in [1.807, 2.05) is 11.8 Å². The van der Waals surface area contributed by atoms with Crippen LogP contribution in [0.2, 0.25) is 0 Å². The third-order valence-electron chi connectivity index (χ3n) is 4.00. The predicted octanol–water partition coefficient (Wildman–Crippen LogP) is 2.83. The second-order valence-corrected chi connectivity index (χ2v) is 6.29. The van der Waals surface area contributed by atoms with Crippen LogP contribution in [0.15, 0.2) is 12.1 Å². The Labute approximate surface area is 118 Å². The number of benzene rings is 1. The van der Waals surface area contributed by atoms with E-state index in [4.69, 9.17) is 0 Å². The summed E-state index contributed by atoms with van der Waals surface area (Å²) in [5, 5.41) is 2.47. The monoisotopic (exact) mass is 278 g/mol. The lowest BCUT2D eigenvalue weighted by atomic mass is 9.87. The molecule has 0 aromatic heterocycles. The van der Waals surface area contributed by atoms with Crippen molar-refractivity contribution in [2.45, 2.75) is 33.7 Å². The summed E-state index contributed by atoms with van der Waals surface area (Å²) >= 11 is 0. The van der Waals surface area contributed by atoms with Crippen molar-refractivity contribution in [1.29, 1.82) is 0 Å². The highest BCUT2D eigenvalue weighted by Gasteiger charge is 2.32. The van der Waals surface area contributed by atoms with Gasteiger partial charge in [0.25, 0.3) is 11.7 Å². The Morgan fingerprint density at radius 3 is 2.40 bits per heavy atom. The van der Waals surface area contributed by atoms with E-state index in [1.54, 1.807) is 7.05 Å². The van der Waals surface area contributed by atoms with Crippen molar-refractivity contribution in [1.82, 2.24) is 0 Å². The summed E-state index contributed by atoms with van der Waals surface area (Å²) in [5.74, 6) is -1.88. The fourth-order valence-electron chi connectivity index (χ4n) is 2.21. The second-order valence-electron chi connectivity index (χ2n) is 6.29. The van der Waals surface area contributed by atoms with Crippen LogP contribution in [0.3, 0.4) is 0 Å². The SMILES string of the molecule is CC(N(C)c1cc2c(cc1F)C(=O)C(=O)N2)C(C)(C)C. The van der Waals surface area contributed by atoms with Crippen LogP contribution in [-0.2, 0) is 4.79 Å². The summed E-state index contributed by atoms with van der Waals surface area (Å²) in [6, 6.07) is 2.75. The lowest BCUT2D eigenvalue weighted by molar-refractivity contribution is -0.112. The van der Waals surface area contributed by atoms with Crippen LogP contribution in [0.4, 0.5) is 15.8 Å². The number of Topliss-reactive ketones (excluding diaryl/α,β-unsaturated/α-hetero) is 1. The molecule has 0 saturated heterocycles. The molecule has 1 atom stereocenters. The maximum absolute atomic E-state index is 14.2. The van der Waals surface area contributed by atoms with E-state index in [-0.39, 0.29) is 17.0 Å². The number of amides is 1. The van der Waals surface area contributed by atoms with E-state index >= 15 is 0 Å². The van der Waals surface area contributed by atoms with Crippen molar-refractivity contribution < 1.29 is 14.0 Å². The van der Waals surface area contributed by atoms with Gasteiger partial charge < -0.3 is 10.2 Å². The van der Waals surface area contributed by atoms with Gasteiger partial charge in [-0.3, -0.25) is 9.59 Å². The average molecular weight is 278 g/mol. The van der Waals surface area contributed by atoms with E-state index in [0.29, 0.717) is 11.4 Å². The summed E-state index contributed by atoms with van der Waals surface area (Å²) in [5.41, 5.74) is 0.831. The number of carbonyl (C=O) groups is 2. The maximum Gasteiger partial charge on any atom is 0.296 e. The normalized spacial score (nSPS) is 15.9. The van der Waals surface area contributed by atoms with Crippen LogP contribution in [0, 0.1) is 11.2 Å². The molecule has 108 valence electrons. The first kappa shape index (κ1) is 14.5. The minimum Gasteiger partial charge on any atom is -0.369 e. The number of carbonyl (C=O) groups excluding carboxylic acids is 2. The predicted molar refractivity (Wildman–Crippen MR) is 76.7 cm³/mol. The quantitative estimate of drug-likeness (QED) is 0.846. The molecule has 2 rings (SSSR count). The molecule has 1 aromatic rings. The van der Waals surface area contributed by atoms with Gasteiger partial charge in [-0.05, 0) is 24.5 Å². The highest BCUT2D eigenvalue weighted by atomic mass is 19.1. The Balaban J connectivity index is 2.43. The standard InChI is InChI=1S/C15H19FN2O2/c1-8(15(2,3)4)18(5)12-7-11-9(6-10(12)16)13(19)14(20)17-11/h6-8H,1-5H3,(H,17,19,20). The highest BCUT2D eigenvalue weighted by molar-refractivity contribution is 6.51. The Hall–Kier alpha value is -1.91. The zero-order valence-electron chi connectivity index (χ0n) is 12.4. The van der Waals surface area contributed by atoms with Crippen molar-refractivity contribution in [3.63, 3.8) is 0 Å². The summed E-state index contributed by atoms with van der Waals surface area (Å²) in [6.07, 6.45) is 0. The maximum atomic E-state index is 14.2. The molecule has 0 spiro atoms. The Morgan fingerprint density at radius 1 is 1.25 bits per heavy atom. The molecule has 1 N–H and O–H groups in total. The fraction of sp³-hybridized carbons (Fsp3) is 0.467. The smallest absolute Gasteiger partial charge is 0.296 e. The van der Waals surface area contributed by atoms with Gasteiger partial charge >= 0.3 is 0 Å². The third kappa shape index (κ3) is 2.28. The molecule has 1 aliphatic heterocycles. The lowest BCUT2D eigenvalue weighted by Gasteiger charge is -2.37. The van der Waals surface area contributed by atoms with Crippen molar-refractivity contribution in [2.24, 2.45) is 5.41 Å².